The van der Waals surface area contributed by atoms with E-state index in [4.69, 9.17) is 16.5 Å². The fourth-order valence-corrected chi connectivity index (χ4v) is 5.97. The molecule has 2 saturated heterocycles. The number of piperazine rings is 1. The summed E-state index contributed by atoms with van der Waals surface area (Å²) in [5, 5.41) is 2.80. The molecule has 0 aromatic heterocycles. The summed E-state index contributed by atoms with van der Waals surface area (Å²) in [5.41, 5.74) is 17.7. The Bertz CT molecular complexity index is 1200. The van der Waals surface area contributed by atoms with Crippen LogP contribution in [0.4, 0.5) is 0 Å². The third-order valence-corrected chi connectivity index (χ3v) is 9.16. The van der Waals surface area contributed by atoms with E-state index in [1.807, 2.05) is 58.6 Å². The number of carbonyl (C=O) groups is 2. The van der Waals surface area contributed by atoms with Gasteiger partial charge >= 0.3 is 0 Å². The number of allylic oxidation sites excluding steroid dienone is 5. The minimum atomic E-state index is -0.193. The number of hydrogen-bond acceptors (Lipinski definition) is 6. The Morgan fingerprint density at radius 3 is 2.02 bits per heavy atom. The minimum absolute atomic E-state index is 0.0254. The molecule has 0 radical (unpaired) electrons. The number of hydrogen-bond donors (Lipinski definition) is 3. The number of amides is 2. The normalized spacial score (nSPS) is 20.5. The van der Waals surface area contributed by atoms with Crippen LogP contribution in [0.5, 0.6) is 0 Å². The molecule has 2 aliphatic rings. The third kappa shape index (κ3) is 11.2. The van der Waals surface area contributed by atoms with Gasteiger partial charge in [0.15, 0.2) is 0 Å². The number of nitrogens with one attached hydrogen (secondary N) is 1. The van der Waals surface area contributed by atoms with Crippen LogP contribution in [0.25, 0.3) is 0 Å². The Hall–Kier alpha value is -3.33. The first-order valence-corrected chi connectivity index (χ1v) is 17.5. The summed E-state index contributed by atoms with van der Waals surface area (Å²) in [4.78, 5) is 37.6. The van der Waals surface area contributed by atoms with Crippen LogP contribution in [0.1, 0.15) is 108 Å². The molecule has 2 fully saturated rings. The number of likely N-dealkylation sites (tertiary alicyclic amines) is 1. The second-order valence-electron chi connectivity index (χ2n) is 12.0. The molecule has 0 aliphatic carbocycles. The Morgan fingerprint density at radius 2 is 1.52 bits per heavy atom. The van der Waals surface area contributed by atoms with Gasteiger partial charge in [0.05, 0.1) is 11.1 Å². The van der Waals surface area contributed by atoms with Gasteiger partial charge in [0.25, 0.3) is 11.8 Å². The first-order chi connectivity index (χ1) is 21.9. The number of aliphatic imine (C=N–C) groups is 1. The van der Waals surface area contributed by atoms with Crippen LogP contribution in [-0.4, -0.2) is 83.7 Å². The lowest BCUT2D eigenvalue weighted by molar-refractivity contribution is -0.128. The second-order valence-corrected chi connectivity index (χ2v) is 12.0. The maximum absolute atomic E-state index is 13.6. The number of carbonyl (C=O) groups excluding carboxylic acids is 2. The molecule has 0 saturated carbocycles. The highest BCUT2D eigenvalue weighted by Crippen LogP contribution is 2.26. The summed E-state index contributed by atoms with van der Waals surface area (Å²) >= 11 is 0. The van der Waals surface area contributed by atoms with Crippen molar-refractivity contribution in [1.82, 2.24) is 20.0 Å². The number of amidine groups is 1. The molecule has 0 aromatic rings. The molecule has 260 valence electrons. The third-order valence-electron chi connectivity index (χ3n) is 9.16. The molecule has 9 heteroatoms. The number of nitrogens with zero attached hydrogens (tertiary/aromatic N) is 4. The van der Waals surface area contributed by atoms with Gasteiger partial charge < -0.3 is 26.6 Å². The van der Waals surface area contributed by atoms with Crippen LogP contribution in [0.3, 0.4) is 0 Å². The summed E-state index contributed by atoms with van der Waals surface area (Å²) < 4.78 is 0. The van der Waals surface area contributed by atoms with Crippen LogP contribution in [0.2, 0.25) is 0 Å². The zero-order valence-electron chi connectivity index (χ0n) is 30.9. The molecule has 46 heavy (non-hydrogen) atoms. The van der Waals surface area contributed by atoms with Gasteiger partial charge in [-0.25, -0.2) is 4.99 Å². The highest BCUT2D eigenvalue weighted by Gasteiger charge is 2.35. The Labute approximate surface area is 280 Å². The molecule has 2 amide bonds. The van der Waals surface area contributed by atoms with E-state index in [0.717, 1.165) is 76.2 Å². The zero-order chi connectivity index (χ0) is 35.0. The molecule has 2 heterocycles. The maximum atomic E-state index is 13.6. The Kier molecular flexibility index (Phi) is 18.3. The van der Waals surface area contributed by atoms with E-state index in [9.17, 15) is 9.59 Å². The van der Waals surface area contributed by atoms with E-state index >= 15 is 0 Å². The van der Waals surface area contributed by atoms with Crippen molar-refractivity contribution >= 4 is 17.6 Å². The van der Waals surface area contributed by atoms with Crippen LogP contribution >= 0.6 is 0 Å². The molecule has 2 rings (SSSR count). The van der Waals surface area contributed by atoms with Crippen LogP contribution in [-0.2, 0) is 9.59 Å². The Balaban J connectivity index is 0.00000518. The van der Waals surface area contributed by atoms with Crippen molar-refractivity contribution < 1.29 is 9.59 Å². The zero-order valence-corrected chi connectivity index (χ0v) is 30.9. The molecule has 5 N–H and O–H groups in total. The second kappa shape index (κ2) is 20.7. The summed E-state index contributed by atoms with van der Waals surface area (Å²) in [5.74, 6) is 0.907. The smallest absolute Gasteiger partial charge is 0.255 e. The highest BCUT2D eigenvalue weighted by atomic mass is 16.2. The first kappa shape index (κ1) is 40.7. The summed E-state index contributed by atoms with van der Waals surface area (Å²) in [6, 6.07) is 0.773. The number of likely N-dealkylation sites (N-methyl/N-ethyl adjacent to an activating group) is 1. The fourth-order valence-electron chi connectivity index (χ4n) is 5.97. The van der Waals surface area contributed by atoms with E-state index < -0.39 is 0 Å². The predicted octanol–water partition coefficient (Wildman–Crippen LogP) is 6.02. The van der Waals surface area contributed by atoms with E-state index in [1.54, 1.807) is 6.92 Å². The lowest BCUT2D eigenvalue weighted by atomic mass is 9.97. The summed E-state index contributed by atoms with van der Waals surface area (Å²) in [7, 11) is 0. The average Bonchev–Trinajstić information content (AvgIpc) is 3.08. The van der Waals surface area contributed by atoms with Crippen molar-refractivity contribution in [2.24, 2.45) is 16.5 Å². The van der Waals surface area contributed by atoms with Crippen molar-refractivity contribution in [2.45, 2.75) is 120 Å². The monoisotopic (exact) mass is 640 g/mol. The topological polar surface area (TPSA) is 120 Å². The molecule has 0 spiro atoms. The van der Waals surface area contributed by atoms with Crippen molar-refractivity contribution in [1.29, 1.82) is 0 Å². The van der Waals surface area contributed by atoms with Crippen molar-refractivity contribution in [2.75, 3.05) is 39.3 Å². The standard InChI is InChI=1S/C35H59N7O2.C2H6/c1-10-24(6)28(12-3)15-16-31(27(9)36)35(44)40-19-17-30(18-20-40)42-22-21-41(23-29(42)13-4)33(25(7)11-2)39-32(37)26(8)34(43)38-14-5;1-2/h11,15-16,29-30H,10,12-14,17-23,36-37H2,1-9H3,(H,38,43);1-2H3/b16-15-,25-11-,28-24?,31-27-,32-26+,39-33+;. The number of piperidine rings is 1. The van der Waals surface area contributed by atoms with Crippen molar-refractivity contribution in [3.8, 4) is 0 Å². The largest absolute Gasteiger partial charge is 0.402 e. The van der Waals surface area contributed by atoms with E-state index in [2.05, 4.69) is 48.9 Å². The van der Waals surface area contributed by atoms with Gasteiger partial charge in [-0.2, -0.15) is 0 Å². The summed E-state index contributed by atoms with van der Waals surface area (Å²) in [6.45, 7) is 26.7. The average molecular weight is 640 g/mol. The van der Waals surface area contributed by atoms with E-state index in [0.29, 0.717) is 35.5 Å². The lowest BCUT2D eigenvalue weighted by Gasteiger charge is -2.48. The van der Waals surface area contributed by atoms with Gasteiger partial charge in [-0.1, -0.05) is 52.3 Å². The lowest BCUT2D eigenvalue weighted by Crippen LogP contribution is -2.59. The number of nitrogens with two attached hydrogens (primary N) is 2. The van der Waals surface area contributed by atoms with Gasteiger partial charge in [-0.05, 0) is 90.9 Å². The van der Waals surface area contributed by atoms with Crippen molar-refractivity contribution in [3.63, 3.8) is 0 Å². The summed E-state index contributed by atoms with van der Waals surface area (Å²) in [6.07, 6.45) is 10.8. The molecule has 1 unspecified atom stereocenters. The van der Waals surface area contributed by atoms with Gasteiger partial charge in [-0.3, -0.25) is 14.5 Å². The molecular weight excluding hydrogens is 574 g/mol. The van der Waals surface area contributed by atoms with E-state index in [1.165, 1.54) is 11.1 Å². The van der Waals surface area contributed by atoms with Crippen LogP contribution < -0.4 is 16.8 Å². The maximum Gasteiger partial charge on any atom is 0.255 e. The fraction of sp³-hybridized carbons (Fsp3) is 0.649. The SMILES string of the molecule is CC.C\C=C(C)/C(=N\C(N)=C(/C)C(=O)NCC)N1CCN(C2CCN(C(=O)C(/C=C\C(CC)=C(C)CC)=C(/C)N)CC2)C(CC)C1. The van der Waals surface area contributed by atoms with Crippen molar-refractivity contribution in [3.05, 3.63) is 57.6 Å². The molecule has 0 aromatic carbocycles. The van der Waals surface area contributed by atoms with Gasteiger partial charge in [-0.15, -0.1) is 0 Å². The molecule has 2 aliphatic heterocycles. The quantitative estimate of drug-likeness (QED) is 0.110. The predicted molar refractivity (Wildman–Crippen MR) is 195 cm³/mol. The molecular formula is C37H65N7O2. The minimum Gasteiger partial charge on any atom is -0.402 e. The molecule has 9 nitrogen and oxygen atoms in total. The molecule has 0 bridgehead atoms. The van der Waals surface area contributed by atoms with Crippen LogP contribution in [0.15, 0.2) is 62.6 Å². The Morgan fingerprint density at radius 1 is 0.891 bits per heavy atom. The highest BCUT2D eigenvalue weighted by molar-refractivity contribution is 6.00. The van der Waals surface area contributed by atoms with Gasteiger partial charge in [0.2, 0.25) is 0 Å². The van der Waals surface area contributed by atoms with E-state index in [-0.39, 0.29) is 17.6 Å². The van der Waals surface area contributed by atoms with Gasteiger partial charge in [0.1, 0.15) is 11.7 Å². The van der Waals surface area contributed by atoms with Crippen LogP contribution in [0, 0.1) is 0 Å². The number of rotatable bonds is 11. The molecule has 1 atom stereocenters. The van der Waals surface area contributed by atoms with Gasteiger partial charge in [0, 0.05) is 57.0 Å². The first-order valence-electron chi connectivity index (χ1n) is 17.5.